The van der Waals surface area contributed by atoms with E-state index in [4.69, 9.17) is 0 Å². The number of nitrogens with zero attached hydrogens (tertiary/aromatic N) is 2. The largest absolute Gasteiger partial charge is 0.355 e. The quantitative estimate of drug-likeness (QED) is 0.764. The first-order chi connectivity index (χ1) is 12.6. The maximum absolute atomic E-state index is 12.6. The van der Waals surface area contributed by atoms with Crippen molar-refractivity contribution in [2.75, 3.05) is 25.4 Å². The molecule has 2 heterocycles. The van der Waals surface area contributed by atoms with Crippen LogP contribution in [0.15, 0.2) is 29.4 Å². The van der Waals surface area contributed by atoms with Gasteiger partial charge in [-0.15, -0.1) is 11.8 Å². The Morgan fingerprint density at radius 1 is 1.23 bits per heavy atom. The van der Waals surface area contributed by atoms with Crippen molar-refractivity contribution in [3.05, 3.63) is 24.5 Å². The van der Waals surface area contributed by atoms with Gasteiger partial charge in [-0.25, -0.2) is 8.42 Å². The van der Waals surface area contributed by atoms with Gasteiger partial charge < -0.3 is 5.32 Å². The van der Waals surface area contributed by atoms with Gasteiger partial charge in [0.05, 0.1) is 5.75 Å². The Labute approximate surface area is 160 Å². The molecule has 2 fully saturated rings. The van der Waals surface area contributed by atoms with Gasteiger partial charge in [-0.2, -0.15) is 4.31 Å². The highest BCUT2D eigenvalue weighted by Gasteiger charge is 2.29. The van der Waals surface area contributed by atoms with Crippen molar-refractivity contribution in [3.8, 4) is 0 Å². The van der Waals surface area contributed by atoms with Crippen LogP contribution in [-0.4, -0.2) is 54.3 Å². The predicted octanol–water partition coefficient (Wildman–Crippen LogP) is 2.27. The molecule has 1 saturated carbocycles. The number of hydrogen-bond acceptors (Lipinski definition) is 5. The van der Waals surface area contributed by atoms with E-state index in [9.17, 15) is 13.2 Å². The molecule has 1 aliphatic heterocycles. The van der Waals surface area contributed by atoms with Gasteiger partial charge in [-0.1, -0.05) is 12.8 Å². The topological polar surface area (TPSA) is 79.4 Å². The number of rotatable bonds is 7. The zero-order chi connectivity index (χ0) is 18.4. The second-order valence-corrected chi connectivity index (χ2v) is 10.3. The number of sulfonamides is 1. The Morgan fingerprint density at radius 2 is 1.96 bits per heavy atom. The van der Waals surface area contributed by atoms with Crippen LogP contribution < -0.4 is 5.32 Å². The van der Waals surface area contributed by atoms with Crippen LogP contribution >= 0.6 is 11.8 Å². The molecule has 0 aromatic carbocycles. The minimum atomic E-state index is -3.45. The minimum absolute atomic E-state index is 0.104. The highest BCUT2D eigenvalue weighted by Crippen LogP contribution is 2.29. The van der Waals surface area contributed by atoms with E-state index in [0.29, 0.717) is 36.6 Å². The first-order valence-electron chi connectivity index (χ1n) is 9.34. The molecule has 8 heteroatoms. The molecule has 0 unspecified atom stereocenters. The molecular formula is C18H27N3O3S2. The third kappa shape index (κ3) is 5.20. The van der Waals surface area contributed by atoms with Crippen LogP contribution in [0.1, 0.15) is 38.5 Å². The van der Waals surface area contributed by atoms with Crippen molar-refractivity contribution >= 4 is 27.7 Å². The second kappa shape index (κ2) is 9.19. The lowest BCUT2D eigenvalue weighted by Crippen LogP contribution is -2.41. The average Bonchev–Trinajstić information content (AvgIpc) is 3.19. The number of carbonyl (C=O) groups is 1. The van der Waals surface area contributed by atoms with E-state index in [1.807, 2.05) is 0 Å². The maximum Gasteiger partial charge on any atom is 0.244 e. The van der Waals surface area contributed by atoms with Crippen LogP contribution in [0.2, 0.25) is 0 Å². The summed E-state index contributed by atoms with van der Waals surface area (Å²) in [7, 11) is -3.45. The van der Waals surface area contributed by atoms with Crippen LogP contribution in [-0.2, 0) is 14.8 Å². The number of carbonyl (C=O) groups excluding carboxylic acids is 1. The maximum atomic E-state index is 12.6. The third-order valence-corrected chi connectivity index (χ3v) is 8.44. The molecule has 1 aromatic heterocycles. The molecular weight excluding hydrogens is 370 g/mol. The van der Waals surface area contributed by atoms with Gasteiger partial charge in [0, 0.05) is 37.3 Å². The average molecular weight is 398 g/mol. The molecule has 1 N–H and O–H groups in total. The molecule has 0 atom stereocenters. The molecule has 0 radical (unpaired) electrons. The van der Waals surface area contributed by atoms with E-state index in [1.54, 1.807) is 30.1 Å². The zero-order valence-electron chi connectivity index (χ0n) is 15.0. The van der Waals surface area contributed by atoms with Crippen molar-refractivity contribution in [2.24, 2.45) is 5.92 Å². The molecule has 3 rings (SSSR count). The molecule has 1 aliphatic carbocycles. The summed E-state index contributed by atoms with van der Waals surface area (Å²) in [4.78, 5) is 16.2. The van der Waals surface area contributed by atoms with Crippen molar-refractivity contribution in [3.63, 3.8) is 0 Å². The number of aromatic nitrogens is 1. The number of nitrogens with one attached hydrogen (secondary N) is 1. The number of amides is 1. The second-order valence-electron chi connectivity index (χ2n) is 7.06. The molecule has 1 saturated heterocycles. The summed E-state index contributed by atoms with van der Waals surface area (Å²) in [5.41, 5.74) is 0. The summed E-state index contributed by atoms with van der Waals surface area (Å²) in [6, 6.07) is 3.22. The number of pyridine rings is 1. The predicted molar refractivity (Wildman–Crippen MR) is 103 cm³/mol. The van der Waals surface area contributed by atoms with Crippen molar-refractivity contribution in [1.82, 2.24) is 14.6 Å². The van der Waals surface area contributed by atoms with Gasteiger partial charge in [-0.05, 0) is 43.7 Å². The lowest BCUT2D eigenvalue weighted by atomic mass is 9.98. The third-order valence-electron chi connectivity index (χ3n) is 5.19. The number of thioether (sulfide) groups is 1. The summed E-state index contributed by atoms with van der Waals surface area (Å²) in [5, 5.41) is 3.68. The summed E-state index contributed by atoms with van der Waals surface area (Å²) in [6.07, 6.45) is 9.57. The summed E-state index contributed by atoms with van der Waals surface area (Å²) in [6.45, 7) is 1.63. The highest BCUT2D eigenvalue weighted by atomic mass is 32.2. The van der Waals surface area contributed by atoms with E-state index in [2.05, 4.69) is 10.3 Å². The van der Waals surface area contributed by atoms with Crippen LogP contribution in [0.3, 0.4) is 0 Å². The molecule has 0 spiro atoms. The standard InChI is InChI=1S/C18H27N3O3S2/c22-18(14-25-16-4-1-2-5-16)20-12-15-7-10-21(11-8-15)26(23,24)17-6-3-9-19-13-17/h3,6,9,13,15-16H,1-2,4-5,7-8,10-12,14H2,(H,20,22). The van der Waals surface area contributed by atoms with Crippen LogP contribution in [0.5, 0.6) is 0 Å². The van der Waals surface area contributed by atoms with Crippen LogP contribution in [0, 0.1) is 5.92 Å². The fourth-order valence-electron chi connectivity index (χ4n) is 3.56. The summed E-state index contributed by atoms with van der Waals surface area (Å²) >= 11 is 1.77. The smallest absolute Gasteiger partial charge is 0.244 e. The van der Waals surface area contributed by atoms with Crippen molar-refractivity contribution < 1.29 is 13.2 Å². The summed E-state index contributed by atoms with van der Waals surface area (Å²) in [5.74, 6) is 0.988. The molecule has 6 nitrogen and oxygen atoms in total. The van der Waals surface area contributed by atoms with E-state index < -0.39 is 10.0 Å². The first-order valence-corrected chi connectivity index (χ1v) is 11.8. The number of piperidine rings is 1. The summed E-state index contributed by atoms with van der Waals surface area (Å²) < 4.78 is 26.7. The van der Waals surface area contributed by atoms with E-state index >= 15 is 0 Å². The van der Waals surface area contributed by atoms with Crippen molar-refractivity contribution in [1.29, 1.82) is 0 Å². The van der Waals surface area contributed by atoms with E-state index in [0.717, 1.165) is 12.8 Å². The van der Waals surface area contributed by atoms with Gasteiger partial charge in [0.2, 0.25) is 15.9 Å². The van der Waals surface area contributed by atoms with E-state index in [-0.39, 0.29) is 10.8 Å². The molecule has 0 bridgehead atoms. The lowest BCUT2D eigenvalue weighted by Gasteiger charge is -2.31. The van der Waals surface area contributed by atoms with Gasteiger partial charge in [-0.3, -0.25) is 9.78 Å². The fourth-order valence-corrected chi connectivity index (χ4v) is 6.15. The SMILES string of the molecule is O=C(CSC1CCCC1)NCC1CCN(S(=O)(=O)c2cccnc2)CC1. The molecule has 1 aromatic rings. The molecule has 144 valence electrons. The zero-order valence-corrected chi connectivity index (χ0v) is 16.6. The molecule has 2 aliphatic rings. The Kier molecular flexibility index (Phi) is 6.94. The van der Waals surface area contributed by atoms with E-state index in [1.165, 1.54) is 36.2 Å². The first kappa shape index (κ1) is 19.6. The normalized spacial score (nSPS) is 20.3. The number of hydrogen-bond donors (Lipinski definition) is 1. The van der Waals surface area contributed by atoms with Crippen LogP contribution in [0.4, 0.5) is 0 Å². The van der Waals surface area contributed by atoms with Crippen molar-refractivity contribution in [2.45, 2.75) is 48.7 Å². The lowest BCUT2D eigenvalue weighted by molar-refractivity contribution is -0.118. The highest BCUT2D eigenvalue weighted by molar-refractivity contribution is 8.00. The van der Waals surface area contributed by atoms with Gasteiger partial charge in [0.1, 0.15) is 4.90 Å². The monoisotopic (exact) mass is 397 g/mol. The molecule has 1 amide bonds. The molecule has 26 heavy (non-hydrogen) atoms. The Morgan fingerprint density at radius 3 is 2.62 bits per heavy atom. The minimum Gasteiger partial charge on any atom is -0.355 e. The van der Waals surface area contributed by atoms with Gasteiger partial charge >= 0.3 is 0 Å². The van der Waals surface area contributed by atoms with Crippen LogP contribution in [0.25, 0.3) is 0 Å². The Hall–Kier alpha value is -1.12. The Bertz CT molecular complexity index is 683. The Balaban J connectivity index is 1.39. The fraction of sp³-hybridized carbons (Fsp3) is 0.667. The van der Waals surface area contributed by atoms with Gasteiger partial charge in [0.15, 0.2) is 0 Å². The van der Waals surface area contributed by atoms with Gasteiger partial charge in [0.25, 0.3) is 0 Å².